The van der Waals surface area contributed by atoms with Crippen molar-refractivity contribution in [1.29, 1.82) is 0 Å². The number of carbonyl (C=O) groups is 4. The number of aliphatic hydroxyl groups is 1. The molecule has 2 heterocycles. The quantitative estimate of drug-likeness (QED) is 0.198. The average Bonchev–Trinajstić information content (AvgIpc) is 3.57. The number of aliphatic hydroxyl groups excluding tert-OH is 1. The van der Waals surface area contributed by atoms with E-state index in [1.807, 2.05) is 52.0 Å². The van der Waals surface area contributed by atoms with Crippen LogP contribution in [0.5, 0.6) is 0 Å². The van der Waals surface area contributed by atoms with Gasteiger partial charge >= 0.3 is 5.97 Å². The largest absolute Gasteiger partial charge is 0.481 e. The maximum Gasteiger partial charge on any atom is 0.305 e. The van der Waals surface area contributed by atoms with Crippen molar-refractivity contribution < 1.29 is 38.9 Å². The van der Waals surface area contributed by atoms with Gasteiger partial charge in [0.25, 0.3) is 0 Å². The number of benzene rings is 1. The Kier molecular flexibility index (Phi) is 13.1. The van der Waals surface area contributed by atoms with E-state index >= 15 is 0 Å². The van der Waals surface area contributed by atoms with Gasteiger partial charge in [0.1, 0.15) is 6.04 Å². The Bertz CT molecular complexity index is 1300. The number of rotatable bonds is 15. The maximum atomic E-state index is 13.7. The number of β-amino-alcohol motifs (C(OH)–C–C–N with tert-alkyl or cyclic N) is 1. The van der Waals surface area contributed by atoms with Crippen LogP contribution in [0.4, 0.5) is 0 Å². The number of aliphatic imine (C=N–C) groups is 1. The zero-order valence-corrected chi connectivity index (χ0v) is 26.5. The molecule has 1 unspecified atom stereocenters. The molecule has 1 aromatic carbocycles. The van der Waals surface area contributed by atoms with Gasteiger partial charge in [-0.15, -0.1) is 11.3 Å². The second kappa shape index (κ2) is 16.5. The van der Waals surface area contributed by atoms with Crippen molar-refractivity contribution in [2.75, 3.05) is 33.0 Å². The number of aromatic nitrogens is 1. The number of ether oxygens (including phenoxy) is 2. The van der Waals surface area contributed by atoms with Crippen molar-refractivity contribution in [2.45, 2.75) is 65.6 Å². The van der Waals surface area contributed by atoms with E-state index in [-0.39, 0.29) is 70.6 Å². The number of nitrogens with one attached hydrogen (secondary N) is 1. The molecule has 0 radical (unpaired) electrons. The van der Waals surface area contributed by atoms with Gasteiger partial charge in [0.2, 0.25) is 17.7 Å². The summed E-state index contributed by atoms with van der Waals surface area (Å²) in [5, 5.41) is 21.9. The molecule has 0 bridgehead atoms. The van der Waals surface area contributed by atoms with Crippen LogP contribution < -0.4 is 5.32 Å². The second-order valence-electron chi connectivity index (χ2n) is 11.7. The predicted molar refractivity (Wildman–Crippen MR) is 165 cm³/mol. The van der Waals surface area contributed by atoms with Gasteiger partial charge in [-0.3, -0.25) is 19.2 Å². The fraction of sp³-hybridized carbons (Fsp3) is 0.548. The highest BCUT2D eigenvalue weighted by atomic mass is 32.1. The van der Waals surface area contributed by atoms with E-state index in [2.05, 4.69) is 15.3 Å². The summed E-state index contributed by atoms with van der Waals surface area (Å²) in [6, 6.07) is 6.99. The van der Waals surface area contributed by atoms with Crippen LogP contribution in [0.1, 0.15) is 51.3 Å². The Labute approximate surface area is 261 Å². The number of hydrogen-bond donors (Lipinski definition) is 3. The minimum atomic E-state index is -0.943. The molecule has 0 aliphatic carbocycles. The highest BCUT2D eigenvalue weighted by Gasteiger charge is 2.43. The molecule has 3 amide bonds. The number of likely N-dealkylation sites (tertiary alicyclic amines) is 1. The smallest absolute Gasteiger partial charge is 0.305 e. The number of aryl methyl sites for hydroxylation is 1. The molecule has 3 N–H and O–H groups in total. The Hall–Kier alpha value is -3.52. The molecule has 3 rings (SSSR count). The van der Waals surface area contributed by atoms with Crippen molar-refractivity contribution in [3.63, 3.8) is 0 Å². The van der Waals surface area contributed by atoms with Gasteiger partial charge in [0.15, 0.2) is 0 Å². The molecule has 1 fully saturated rings. The summed E-state index contributed by atoms with van der Waals surface area (Å²) >= 11 is 1.57. The third-order valence-corrected chi connectivity index (χ3v) is 8.13. The molecule has 0 spiro atoms. The molecule has 44 heavy (non-hydrogen) atoms. The number of amides is 3. The Balaban J connectivity index is 1.54. The Morgan fingerprint density at radius 3 is 2.36 bits per heavy atom. The van der Waals surface area contributed by atoms with Crippen LogP contribution >= 0.6 is 11.3 Å². The van der Waals surface area contributed by atoms with Crippen molar-refractivity contribution in [3.05, 3.63) is 41.0 Å². The number of aliphatic carboxylic acids is 1. The molecule has 12 nitrogen and oxygen atoms in total. The third kappa shape index (κ3) is 10.6. The van der Waals surface area contributed by atoms with Crippen molar-refractivity contribution in [1.82, 2.24) is 15.2 Å². The number of carboxylic acid groups (broad SMARTS) is 1. The van der Waals surface area contributed by atoms with Crippen LogP contribution in [0.15, 0.2) is 34.8 Å². The Morgan fingerprint density at radius 2 is 1.77 bits per heavy atom. The number of nitrogens with zero attached hydrogens (tertiary/aromatic N) is 3. The lowest BCUT2D eigenvalue weighted by Crippen LogP contribution is -2.50. The fourth-order valence-electron chi connectivity index (χ4n) is 4.67. The normalized spacial score (nSPS) is 17.6. The van der Waals surface area contributed by atoms with Gasteiger partial charge in [-0.1, -0.05) is 45.0 Å². The lowest BCUT2D eigenvalue weighted by Gasteiger charge is -2.32. The first-order valence-electron chi connectivity index (χ1n) is 14.6. The summed E-state index contributed by atoms with van der Waals surface area (Å²) in [6.45, 7) is 8.38. The van der Waals surface area contributed by atoms with Gasteiger partial charge in [-0.2, -0.15) is 0 Å². The summed E-state index contributed by atoms with van der Waals surface area (Å²) in [7, 11) is 0. The van der Waals surface area contributed by atoms with Crippen molar-refractivity contribution in [3.8, 4) is 10.4 Å². The molecule has 1 aromatic heterocycles. The van der Waals surface area contributed by atoms with Crippen LogP contribution in [0, 0.1) is 18.3 Å². The molecule has 240 valence electrons. The van der Waals surface area contributed by atoms with E-state index < -0.39 is 35.4 Å². The zero-order chi connectivity index (χ0) is 32.3. The molecule has 0 saturated carbocycles. The topological polar surface area (TPSA) is 168 Å². The van der Waals surface area contributed by atoms with Gasteiger partial charge < -0.3 is 29.9 Å². The number of carboxylic acids is 1. The zero-order valence-electron chi connectivity index (χ0n) is 25.7. The monoisotopic (exact) mass is 630 g/mol. The molecule has 13 heteroatoms. The molecule has 1 saturated heterocycles. The second-order valence-corrected chi connectivity index (χ2v) is 12.6. The number of thiazole rings is 1. The average molecular weight is 631 g/mol. The van der Waals surface area contributed by atoms with E-state index in [4.69, 9.17) is 14.6 Å². The Morgan fingerprint density at radius 1 is 1.11 bits per heavy atom. The van der Waals surface area contributed by atoms with Crippen LogP contribution in [-0.4, -0.2) is 95.1 Å². The highest BCUT2D eigenvalue weighted by molar-refractivity contribution is 7.13. The first-order chi connectivity index (χ1) is 20.9. The van der Waals surface area contributed by atoms with Crippen LogP contribution in [0.3, 0.4) is 0 Å². The summed E-state index contributed by atoms with van der Waals surface area (Å²) < 4.78 is 10.5. The highest BCUT2D eigenvalue weighted by Crippen LogP contribution is 2.30. The number of hydrogen-bond acceptors (Lipinski definition) is 9. The summed E-state index contributed by atoms with van der Waals surface area (Å²) in [4.78, 5) is 60.5. The molecular formula is C31H42N4O8S. The van der Waals surface area contributed by atoms with Gasteiger partial charge in [-0.25, -0.2) is 9.98 Å². The SMILES string of the molecule is Cc1ncsc1-c1ccc(CNC(=O)[C@@H]2C[C@@H](O)CN2C(=O)C(/C=N/C(=O)CCOCCOCCC(=O)O)C(C)(C)C)cc1. The standard InChI is InChI=1S/C31H42N4O8S/c1-20-28(44-19-34-20)22-7-5-21(6-8-22)16-33-29(40)25-15-23(36)18-35(25)30(41)24(31(2,3)4)17-32-26(37)9-11-42-13-14-43-12-10-27(38)39/h5-8,17,19,23-25,36H,9-16,18H2,1-4H3,(H,33,40)(H,38,39)/b32-17+/t23-,24?,25+/m1/s1. The van der Waals surface area contributed by atoms with Crippen molar-refractivity contribution >= 4 is 41.2 Å². The minimum absolute atomic E-state index is 0.00502. The van der Waals surface area contributed by atoms with E-state index in [0.29, 0.717) is 0 Å². The predicted octanol–water partition coefficient (Wildman–Crippen LogP) is 2.85. The third-order valence-electron chi connectivity index (χ3n) is 7.15. The lowest BCUT2D eigenvalue weighted by atomic mass is 9.80. The van der Waals surface area contributed by atoms with E-state index in [0.717, 1.165) is 21.7 Å². The molecule has 1 aliphatic heterocycles. The van der Waals surface area contributed by atoms with E-state index in [1.54, 1.807) is 16.8 Å². The molecule has 2 aromatic rings. The van der Waals surface area contributed by atoms with Gasteiger partial charge in [-0.05, 0) is 23.5 Å². The van der Waals surface area contributed by atoms with E-state index in [1.165, 1.54) is 11.1 Å². The van der Waals surface area contributed by atoms with E-state index in [9.17, 15) is 24.3 Å². The maximum absolute atomic E-state index is 13.7. The van der Waals surface area contributed by atoms with Crippen LogP contribution in [0.25, 0.3) is 10.4 Å². The van der Waals surface area contributed by atoms with Gasteiger partial charge in [0, 0.05) is 25.7 Å². The lowest BCUT2D eigenvalue weighted by molar-refractivity contribution is -0.142. The first kappa shape index (κ1) is 35.0. The molecule has 1 aliphatic rings. The van der Waals surface area contributed by atoms with Crippen molar-refractivity contribution in [2.24, 2.45) is 16.3 Å². The molecule has 3 atom stereocenters. The summed E-state index contributed by atoms with van der Waals surface area (Å²) in [5.74, 6) is -2.96. The summed E-state index contributed by atoms with van der Waals surface area (Å²) in [5.41, 5.74) is 4.11. The number of carbonyl (C=O) groups excluding carboxylic acids is 3. The minimum Gasteiger partial charge on any atom is -0.481 e. The van der Waals surface area contributed by atoms with Gasteiger partial charge in [0.05, 0.1) is 67.4 Å². The van der Waals surface area contributed by atoms with Crippen LogP contribution in [0.2, 0.25) is 0 Å². The molecular weight excluding hydrogens is 588 g/mol. The first-order valence-corrected chi connectivity index (χ1v) is 15.4. The fourth-order valence-corrected chi connectivity index (χ4v) is 5.48. The van der Waals surface area contributed by atoms with Crippen LogP contribution in [-0.2, 0) is 35.2 Å². The summed E-state index contributed by atoms with van der Waals surface area (Å²) in [6.07, 6.45) is 0.499.